The molecule has 1 N–H and O–H groups in total. The molecule has 1 heterocycles. The van der Waals surface area contributed by atoms with E-state index >= 15 is 0 Å². The summed E-state index contributed by atoms with van der Waals surface area (Å²) in [5.41, 5.74) is 0.511. The molecule has 0 aliphatic rings. The van der Waals surface area contributed by atoms with Crippen LogP contribution in [0.15, 0.2) is 36.7 Å². The highest BCUT2D eigenvalue weighted by Gasteiger charge is 2.14. The van der Waals surface area contributed by atoms with Gasteiger partial charge in [0.2, 0.25) is 0 Å². The number of hydrogen-bond donors (Lipinski definition) is 1. The molecular weight excluding hydrogens is 257 g/mol. The highest BCUT2D eigenvalue weighted by molar-refractivity contribution is 5.94. The summed E-state index contributed by atoms with van der Waals surface area (Å²) in [6.45, 7) is 0.183. The maximum atomic E-state index is 13.0. The number of halogens is 3. The Kier molecular flexibility index (Phi) is 3.79. The fraction of sp³-hybridized carbons (Fsp3) is 0.0769. The van der Waals surface area contributed by atoms with Crippen molar-refractivity contribution in [1.29, 1.82) is 0 Å². The van der Waals surface area contributed by atoms with Crippen LogP contribution in [0.5, 0.6) is 0 Å². The van der Waals surface area contributed by atoms with E-state index in [0.717, 1.165) is 5.56 Å². The highest BCUT2D eigenvalue weighted by Crippen LogP contribution is 2.13. The van der Waals surface area contributed by atoms with Crippen molar-refractivity contribution in [2.75, 3.05) is 0 Å². The van der Waals surface area contributed by atoms with Crippen LogP contribution in [0, 0.1) is 17.5 Å². The Labute approximate surface area is 107 Å². The van der Waals surface area contributed by atoms with Gasteiger partial charge in [0.1, 0.15) is 0 Å². The van der Waals surface area contributed by atoms with Crippen molar-refractivity contribution >= 4 is 5.91 Å². The Morgan fingerprint density at radius 3 is 2.26 bits per heavy atom. The standard InChI is InChI=1S/C13H9F3N2O/c14-10-5-9(6-11(15)12(10)16)13(19)18-7-8-1-3-17-4-2-8/h1-6H,7H2,(H,18,19). The Morgan fingerprint density at radius 2 is 1.68 bits per heavy atom. The van der Waals surface area contributed by atoms with E-state index in [-0.39, 0.29) is 12.1 Å². The first-order chi connectivity index (χ1) is 9.08. The molecule has 0 saturated heterocycles. The summed E-state index contributed by atoms with van der Waals surface area (Å²) in [7, 11) is 0. The number of nitrogens with zero attached hydrogens (tertiary/aromatic N) is 1. The molecule has 0 radical (unpaired) electrons. The summed E-state index contributed by atoms with van der Waals surface area (Å²) in [6, 6.07) is 4.68. The molecule has 0 aliphatic carbocycles. The fourth-order valence-electron chi connectivity index (χ4n) is 1.47. The lowest BCUT2D eigenvalue weighted by molar-refractivity contribution is 0.0949. The largest absolute Gasteiger partial charge is 0.348 e. The monoisotopic (exact) mass is 266 g/mol. The second kappa shape index (κ2) is 5.51. The van der Waals surface area contributed by atoms with Crippen LogP contribution in [0.25, 0.3) is 0 Å². The number of rotatable bonds is 3. The van der Waals surface area contributed by atoms with Gasteiger partial charge < -0.3 is 5.32 Å². The summed E-state index contributed by atoms with van der Waals surface area (Å²) >= 11 is 0. The molecule has 0 aliphatic heterocycles. The van der Waals surface area contributed by atoms with Gasteiger partial charge in [0.05, 0.1) is 0 Å². The van der Waals surface area contributed by atoms with Crippen LogP contribution in [-0.4, -0.2) is 10.9 Å². The van der Waals surface area contributed by atoms with E-state index in [1.807, 2.05) is 0 Å². The predicted octanol–water partition coefficient (Wildman–Crippen LogP) is 2.43. The molecular formula is C13H9F3N2O. The van der Waals surface area contributed by atoms with E-state index in [0.29, 0.717) is 12.1 Å². The highest BCUT2D eigenvalue weighted by atomic mass is 19.2. The van der Waals surface area contributed by atoms with Crippen LogP contribution in [0.1, 0.15) is 15.9 Å². The Morgan fingerprint density at radius 1 is 1.11 bits per heavy atom. The van der Waals surface area contributed by atoms with Gasteiger partial charge in [0.15, 0.2) is 17.5 Å². The first-order valence-corrected chi connectivity index (χ1v) is 5.39. The fourth-order valence-corrected chi connectivity index (χ4v) is 1.47. The number of benzene rings is 1. The van der Waals surface area contributed by atoms with Crippen molar-refractivity contribution < 1.29 is 18.0 Å². The zero-order chi connectivity index (χ0) is 13.8. The lowest BCUT2D eigenvalue weighted by Gasteiger charge is -2.06. The average molecular weight is 266 g/mol. The normalized spacial score (nSPS) is 10.3. The van der Waals surface area contributed by atoms with Crippen molar-refractivity contribution in [3.05, 3.63) is 65.2 Å². The van der Waals surface area contributed by atoms with Crippen molar-refractivity contribution in [2.24, 2.45) is 0 Å². The molecule has 19 heavy (non-hydrogen) atoms. The minimum Gasteiger partial charge on any atom is -0.348 e. The molecule has 0 unspecified atom stereocenters. The molecule has 0 atom stereocenters. The Hall–Kier alpha value is -2.37. The van der Waals surface area contributed by atoms with Crippen molar-refractivity contribution in [3.8, 4) is 0 Å². The molecule has 98 valence electrons. The van der Waals surface area contributed by atoms with Crippen molar-refractivity contribution in [1.82, 2.24) is 10.3 Å². The second-order valence-electron chi connectivity index (χ2n) is 3.79. The van der Waals surface area contributed by atoms with Crippen molar-refractivity contribution in [3.63, 3.8) is 0 Å². The van der Waals surface area contributed by atoms with E-state index < -0.39 is 23.4 Å². The smallest absolute Gasteiger partial charge is 0.251 e. The van der Waals surface area contributed by atoms with E-state index in [4.69, 9.17) is 0 Å². The summed E-state index contributed by atoms with van der Waals surface area (Å²) in [4.78, 5) is 15.5. The van der Waals surface area contributed by atoms with Crippen LogP contribution in [0.4, 0.5) is 13.2 Å². The number of pyridine rings is 1. The molecule has 0 fully saturated rings. The van der Waals surface area contributed by atoms with Gasteiger partial charge in [0.25, 0.3) is 5.91 Å². The molecule has 0 spiro atoms. The van der Waals surface area contributed by atoms with Gasteiger partial charge in [0, 0.05) is 24.5 Å². The molecule has 0 saturated carbocycles. The molecule has 0 bridgehead atoms. The van der Waals surface area contributed by atoms with Crippen LogP contribution in [0.2, 0.25) is 0 Å². The molecule has 2 rings (SSSR count). The van der Waals surface area contributed by atoms with E-state index in [1.54, 1.807) is 24.5 Å². The summed E-state index contributed by atoms with van der Waals surface area (Å²) < 4.78 is 38.7. The van der Waals surface area contributed by atoms with Crippen LogP contribution in [0.3, 0.4) is 0 Å². The lowest BCUT2D eigenvalue weighted by atomic mass is 10.2. The molecule has 1 amide bonds. The minimum atomic E-state index is -1.59. The van der Waals surface area contributed by atoms with Gasteiger partial charge in [-0.2, -0.15) is 0 Å². The van der Waals surface area contributed by atoms with E-state index in [9.17, 15) is 18.0 Å². The SMILES string of the molecule is O=C(NCc1ccncc1)c1cc(F)c(F)c(F)c1. The zero-order valence-electron chi connectivity index (χ0n) is 9.66. The van der Waals surface area contributed by atoms with Gasteiger partial charge in [-0.05, 0) is 29.8 Å². The third kappa shape index (κ3) is 3.09. The number of nitrogens with one attached hydrogen (secondary N) is 1. The maximum absolute atomic E-state index is 13.0. The zero-order valence-corrected chi connectivity index (χ0v) is 9.66. The molecule has 1 aromatic heterocycles. The van der Waals surface area contributed by atoms with Crippen LogP contribution in [-0.2, 0) is 6.54 Å². The maximum Gasteiger partial charge on any atom is 0.251 e. The first-order valence-electron chi connectivity index (χ1n) is 5.39. The topological polar surface area (TPSA) is 42.0 Å². The van der Waals surface area contributed by atoms with Gasteiger partial charge in [-0.25, -0.2) is 13.2 Å². The number of amides is 1. The predicted molar refractivity (Wildman–Crippen MR) is 61.7 cm³/mol. The van der Waals surface area contributed by atoms with Gasteiger partial charge >= 0.3 is 0 Å². The third-order valence-electron chi connectivity index (χ3n) is 2.45. The van der Waals surface area contributed by atoms with Crippen molar-refractivity contribution in [2.45, 2.75) is 6.54 Å². The lowest BCUT2D eigenvalue weighted by Crippen LogP contribution is -2.23. The summed E-state index contributed by atoms with van der Waals surface area (Å²) in [6.07, 6.45) is 3.11. The van der Waals surface area contributed by atoms with Crippen LogP contribution < -0.4 is 5.32 Å². The quantitative estimate of drug-likeness (QED) is 0.867. The summed E-state index contributed by atoms with van der Waals surface area (Å²) in [5.74, 6) is -5.07. The van der Waals surface area contributed by atoms with Crippen LogP contribution >= 0.6 is 0 Å². The molecule has 1 aromatic carbocycles. The second-order valence-corrected chi connectivity index (χ2v) is 3.79. The minimum absolute atomic E-state index is 0.183. The number of carbonyl (C=O) groups is 1. The Balaban J connectivity index is 2.08. The third-order valence-corrected chi connectivity index (χ3v) is 2.45. The number of hydrogen-bond acceptors (Lipinski definition) is 2. The molecule has 2 aromatic rings. The number of aromatic nitrogens is 1. The first kappa shape index (κ1) is 13.1. The summed E-state index contributed by atoms with van der Waals surface area (Å²) in [5, 5.41) is 2.47. The van der Waals surface area contributed by atoms with E-state index in [2.05, 4.69) is 10.3 Å². The Bertz CT molecular complexity index is 579. The average Bonchev–Trinajstić information content (AvgIpc) is 2.42. The van der Waals surface area contributed by atoms with Gasteiger partial charge in [-0.3, -0.25) is 9.78 Å². The number of carbonyl (C=O) groups excluding carboxylic acids is 1. The van der Waals surface area contributed by atoms with E-state index in [1.165, 1.54) is 0 Å². The van der Waals surface area contributed by atoms with Gasteiger partial charge in [-0.1, -0.05) is 0 Å². The van der Waals surface area contributed by atoms with Gasteiger partial charge in [-0.15, -0.1) is 0 Å². The molecule has 6 heteroatoms. The molecule has 3 nitrogen and oxygen atoms in total.